The van der Waals surface area contributed by atoms with Crippen LogP contribution in [0.3, 0.4) is 0 Å². The number of rotatable bonds is 4. The van der Waals surface area contributed by atoms with Crippen molar-refractivity contribution in [1.29, 1.82) is 0 Å². The van der Waals surface area contributed by atoms with Gasteiger partial charge in [-0.1, -0.05) is 30.3 Å². The summed E-state index contributed by atoms with van der Waals surface area (Å²) in [7, 11) is -0.329. The molecule has 1 unspecified atom stereocenters. The predicted molar refractivity (Wildman–Crippen MR) is 69.5 cm³/mol. The topological polar surface area (TPSA) is 44.8 Å². The molecule has 1 heterocycles. The molecule has 0 amide bonds. The Bertz CT molecular complexity index is 461. The van der Waals surface area contributed by atoms with Crippen LogP contribution in [0.1, 0.15) is 18.1 Å². The number of hydrogen-bond acceptors (Lipinski definition) is 4. The molecule has 0 aromatic heterocycles. The Kier molecular flexibility index (Phi) is 4.36. The smallest absolute Gasteiger partial charge is 0.353 e. The molecular formula is C13H17O4P. The Morgan fingerprint density at radius 2 is 1.94 bits per heavy atom. The number of ether oxygens (including phenoxy) is 1. The lowest BCUT2D eigenvalue weighted by molar-refractivity contribution is 0.114. The first kappa shape index (κ1) is 13.5. The number of benzene rings is 1. The van der Waals surface area contributed by atoms with Crippen molar-refractivity contribution in [3.8, 4) is 0 Å². The molecule has 4 nitrogen and oxygen atoms in total. The molecule has 1 atom stereocenters. The van der Waals surface area contributed by atoms with Gasteiger partial charge in [0.2, 0.25) is 0 Å². The van der Waals surface area contributed by atoms with Gasteiger partial charge in [0.15, 0.2) is 0 Å². The van der Waals surface area contributed by atoms with Crippen molar-refractivity contribution in [2.45, 2.75) is 12.5 Å². The Labute approximate surface area is 107 Å². The van der Waals surface area contributed by atoms with Crippen molar-refractivity contribution in [3.05, 3.63) is 47.3 Å². The molecule has 1 fully saturated rings. The van der Waals surface area contributed by atoms with E-state index in [1.807, 2.05) is 30.3 Å². The van der Waals surface area contributed by atoms with Crippen molar-refractivity contribution in [2.24, 2.45) is 0 Å². The maximum atomic E-state index is 12.0. The van der Waals surface area contributed by atoms with Crippen molar-refractivity contribution in [1.82, 2.24) is 0 Å². The second kappa shape index (κ2) is 5.81. The minimum Gasteiger partial charge on any atom is -0.369 e. The van der Waals surface area contributed by atoms with Gasteiger partial charge in [-0.25, -0.2) is 0 Å². The van der Waals surface area contributed by atoms with Gasteiger partial charge in [0, 0.05) is 26.5 Å². The van der Waals surface area contributed by atoms with E-state index in [2.05, 4.69) is 0 Å². The molecule has 5 heteroatoms. The summed E-state index contributed by atoms with van der Waals surface area (Å²) < 4.78 is 27.4. The summed E-state index contributed by atoms with van der Waals surface area (Å²) in [5.74, 6) is 1.57. The second-order valence-corrected chi connectivity index (χ2v) is 6.17. The fourth-order valence-electron chi connectivity index (χ4n) is 1.94. The lowest BCUT2D eigenvalue weighted by Gasteiger charge is -2.09. The van der Waals surface area contributed by atoms with Gasteiger partial charge in [-0.2, -0.15) is 0 Å². The van der Waals surface area contributed by atoms with Crippen LogP contribution in [-0.2, 0) is 18.3 Å². The van der Waals surface area contributed by atoms with Crippen molar-refractivity contribution >= 4 is 7.60 Å². The standard InChI is InChI=1S/C13H17O4P/c1-15-18(14,16-2)10-11-8-13(17-9-11)12-6-4-3-5-7-12/h3-7,10,13H,8-9H2,1-2H3/b11-10+. The van der Waals surface area contributed by atoms with Gasteiger partial charge in [-0.05, 0) is 11.1 Å². The van der Waals surface area contributed by atoms with E-state index in [0.717, 1.165) is 17.6 Å². The molecule has 0 bridgehead atoms. The summed E-state index contributed by atoms with van der Waals surface area (Å²) >= 11 is 0. The number of hydrogen-bond donors (Lipinski definition) is 0. The third-order valence-electron chi connectivity index (χ3n) is 2.94. The summed E-state index contributed by atoms with van der Waals surface area (Å²) in [5, 5.41) is 0. The molecule has 0 radical (unpaired) electrons. The van der Waals surface area contributed by atoms with Crippen LogP contribution in [0.5, 0.6) is 0 Å². The minimum atomic E-state index is -3.09. The third kappa shape index (κ3) is 3.09. The molecule has 1 aliphatic heterocycles. The molecular weight excluding hydrogens is 251 g/mol. The quantitative estimate of drug-likeness (QED) is 0.784. The molecule has 0 N–H and O–H groups in total. The SMILES string of the molecule is COP(=O)(/C=C1/COC(c2ccccc2)C1)OC. The molecule has 1 saturated heterocycles. The highest BCUT2D eigenvalue weighted by atomic mass is 31.2. The first-order valence-corrected chi connectivity index (χ1v) is 7.36. The van der Waals surface area contributed by atoms with Crippen LogP contribution < -0.4 is 0 Å². The van der Waals surface area contributed by atoms with Gasteiger partial charge >= 0.3 is 7.60 Å². The lowest BCUT2D eigenvalue weighted by Crippen LogP contribution is -1.93. The fourth-order valence-corrected chi connectivity index (χ4v) is 2.93. The van der Waals surface area contributed by atoms with Crippen LogP contribution in [0.15, 0.2) is 41.7 Å². The van der Waals surface area contributed by atoms with E-state index in [1.165, 1.54) is 14.2 Å². The average Bonchev–Trinajstić information content (AvgIpc) is 2.88. The van der Waals surface area contributed by atoms with E-state index >= 15 is 0 Å². The van der Waals surface area contributed by atoms with Gasteiger partial charge < -0.3 is 13.8 Å². The fraction of sp³-hybridized carbons (Fsp3) is 0.385. The van der Waals surface area contributed by atoms with Crippen molar-refractivity contribution in [2.75, 3.05) is 20.8 Å². The zero-order chi connectivity index (χ0) is 13.0. The first-order valence-electron chi connectivity index (χ1n) is 5.75. The highest BCUT2D eigenvalue weighted by Gasteiger charge is 2.26. The van der Waals surface area contributed by atoms with Gasteiger partial charge in [-0.3, -0.25) is 4.57 Å². The van der Waals surface area contributed by atoms with E-state index in [9.17, 15) is 4.57 Å². The monoisotopic (exact) mass is 268 g/mol. The summed E-state index contributed by atoms with van der Waals surface area (Å²) in [6, 6.07) is 9.99. The van der Waals surface area contributed by atoms with Crippen LogP contribution in [0, 0.1) is 0 Å². The molecule has 0 aliphatic carbocycles. The normalized spacial score (nSPS) is 22.6. The summed E-state index contributed by atoms with van der Waals surface area (Å²) in [6.07, 6.45) is 0.750. The largest absolute Gasteiger partial charge is 0.369 e. The third-order valence-corrected chi connectivity index (χ3v) is 4.64. The van der Waals surface area contributed by atoms with Gasteiger partial charge in [-0.15, -0.1) is 0 Å². The molecule has 1 aliphatic rings. The van der Waals surface area contributed by atoms with Crippen LogP contribution in [0.2, 0.25) is 0 Å². The van der Waals surface area contributed by atoms with Gasteiger partial charge in [0.25, 0.3) is 0 Å². The van der Waals surface area contributed by atoms with Gasteiger partial charge in [0.05, 0.1) is 12.7 Å². The molecule has 98 valence electrons. The Morgan fingerprint density at radius 1 is 1.28 bits per heavy atom. The highest BCUT2D eigenvalue weighted by Crippen LogP contribution is 2.50. The Hall–Kier alpha value is -0.930. The van der Waals surface area contributed by atoms with E-state index in [-0.39, 0.29) is 6.10 Å². The van der Waals surface area contributed by atoms with Crippen LogP contribution in [0.25, 0.3) is 0 Å². The van der Waals surface area contributed by atoms with E-state index in [4.69, 9.17) is 13.8 Å². The molecule has 0 spiro atoms. The van der Waals surface area contributed by atoms with Crippen molar-refractivity contribution in [3.63, 3.8) is 0 Å². The average molecular weight is 268 g/mol. The zero-order valence-electron chi connectivity index (χ0n) is 10.5. The predicted octanol–water partition coefficient (Wildman–Crippen LogP) is 3.52. The molecule has 1 aromatic carbocycles. The zero-order valence-corrected chi connectivity index (χ0v) is 11.4. The summed E-state index contributed by atoms with van der Waals surface area (Å²) in [5.41, 5.74) is 2.08. The van der Waals surface area contributed by atoms with E-state index < -0.39 is 7.60 Å². The minimum absolute atomic E-state index is 0.0274. The highest BCUT2D eigenvalue weighted by molar-refractivity contribution is 7.57. The van der Waals surface area contributed by atoms with Crippen LogP contribution in [-0.4, -0.2) is 20.8 Å². The maximum absolute atomic E-state index is 12.0. The second-order valence-electron chi connectivity index (χ2n) is 4.11. The van der Waals surface area contributed by atoms with E-state index in [0.29, 0.717) is 6.61 Å². The molecule has 2 rings (SSSR count). The Balaban J connectivity index is 2.09. The molecule has 1 aromatic rings. The summed E-state index contributed by atoms with van der Waals surface area (Å²) in [6.45, 7) is 0.469. The van der Waals surface area contributed by atoms with Gasteiger partial charge in [0.1, 0.15) is 0 Å². The van der Waals surface area contributed by atoms with Crippen LogP contribution >= 0.6 is 7.60 Å². The maximum Gasteiger partial charge on any atom is 0.353 e. The van der Waals surface area contributed by atoms with E-state index in [1.54, 1.807) is 5.82 Å². The molecule has 0 saturated carbocycles. The first-order chi connectivity index (χ1) is 8.67. The van der Waals surface area contributed by atoms with Crippen molar-refractivity contribution < 1.29 is 18.3 Å². The summed E-state index contributed by atoms with van der Waals surface area (Å²) in [4.78, 5) is 0. The molecule has 18 heavy (non-hydrogen) atoms. The lowest BCUT2D eigenvalue weighted by atomic mass is 10.1. The van der Waals surface area contributed by atoms with Crippen LogP contribution in [0.4, 0.5) is 0 Å². The Morgan fingerprint density at radius 3 is 2.56 bits per heavy atom.